The second kappa shape index (κ2) is 7.11. The Balaban J connectivity index is 1.51. The number of benzene rings is 1. The molecule has 0 atom stereocenters. The van der Waals surface area contributed by atoms with Crippen LogP contribution in [0.1, 0.15) is 35.5 Å². The van der Waals surface area contributed by atoms with E-state index in [0.29, 0.717) is 12.5 Å². The third kappa shape index (κ3) is 3.60. The highest BCUT2D eigenvalue weighted by Crippen LogP contribution is 2.32. The molecule has 2 aromatic rings. The van der Waals surface area contributed by atoms with Gasteiger partial charge in [-0.15, -0.1) is 0 Å². The Morgan fingerprint density at radius 3 is 2.77 bits per heavy atom. The standard InChI is InChI=1S/C20H25N3O3/c1-25-17-6-5-14(9-18(17)26-2)11-23-8-7-15-16(12-23)21-19(22-20(15)24)10-13-3-4-13/h5-6,9,13H,3-4,7-8,10-12H2,1-2H3,(H,21,22,24). The van der Waals surface area contributed by atoms with Gasteiger partial charge in [-0.3, -0.25) is 9.69 Å². The van der Waals surface area contributed by atoms with Crippen LogP contribution in [0.25, 0.3) is 0 Å². The fourth-order valence-electron chi connectivity index (χ4n) is 3.61. The zero-order chi connectivity index (χ0) is 18.1. The van der Waals surface area contributed by atoms with Gasteiger partial charge in [0.05, 0.1) is 19.9 Å². The van der Waals surface area contributed by atoms with E-state index in [1.807, 2.05) is 12.1 Å². The van der Waals surface area contributed by atoms with E-state index in [-0.39, 0.29) is 5.56 Å². The van der Waals surface area contributed by atoms with Crippen LogP contribution in [0, 0.1) is 5.92 Å². The molecule has 0 spiro atoms. The number of nitrogens with zero attached hydrogens (tertiary/aromatic N) is 2. The van der Waals surface area contributed by atoms with Gasteiger partial charge in [0.1, 0.15) is 5.82 Å². The number of H-pyrrole nitrogens is 1. The maximum absolute atomic E-state index is 12.4. The Morgan fingerprint density at radius 2 is 2.04 bits per heavy atom. The monoisotopic (exact) mass is 355 g/mol. The number of aromatic amines is 1. The van der Waals surface area contributed by atoms with Crippen LogP contribution in [-0.4, -0.2) is 35.6 Å². The molecule has 6 heteroatoms. The lowest BCUT2D eigenvalue weighted by atomic mass is 10.0. The summed E-state index contributed by atoms with van der Waals surface area (Å²) in [6.07, 6.45) is 4.16. The number of nitrogens with one attached hydrogen (secondary N) is 1. The van der Waals surface area contributed by atoms with Gasteiger partial charge in [0.25, 0.3) is 5.56 Å². The molecule has 0 unspecified atom stereocenters. The van der Waals surface area contributed by atoms with E-state index in [4.69, 9.17) is 14.5 Å². The Hall–Kier alpha value is -2.34. The van der Waals surface area contributed by atoms with Crippen molar-refractivity contribution in [1.82, 2.24) is 14.9 Å². The maximum Gasteiger partial charge on any atom is 0.254 e. The third-order valence-corrected chi connectivity index (χ3v) is 5.23. The topological polar surface area (TPSA) is 67.5 Å². The first-order valence-corrected chi connectivity index (χ1v) is 9.20. The number of fused-ring (bicyclic) bond motifs is 1. The van der Waals surface area contributed by atoms with Gasteiger partial charge in [-0.1, -0.05) is 6.07 Å². The van der Waals surface area contributed by atoms with Gasteiger partial charge in [-0.25, -0.2) is 4.98 Å². The highest BCUT2D eigenvalue weighted by Gasteiger charge is 2.25. The lowest BCUT2D eigenvalue weighted by molar-refractivity contribution is 0.239. The van der Waals surface area contributed by atoms with Gasteiger partial charge >= 0.3 is 0 Å². The highest BCUT2D eigenvalue weighted by molar-refractivity contribution is 5.42. The predicted molar refractivity (Wildman–Crippen MR) is 98.6 cm³/mol. The van der Waals surface area contributed by atoms with Crippen LogP contribution in [0.2, 0.25) is 0 Å². The smallest absolute Gasteiger partial charge is 0.254 e. The summed E-state index contributed by atoms with van der Waals surface area (Å²) in [6, 6.07) is 6.00. The fraction of sp³-hybridized carbons (Fsp3) is 0.500. The van der Waals surface area contributed by atoms with E-state index in [1.165, 1.54) is 12.8 Å². The van der Waals surface area contributed by atoms with Crippen LogP contribution in [0.3, 0.4) is 0 Å². The molecule has 1 aliphatic carbocycles. The molecule has 1 saturated carbocycles. The van der Waals surface area contributed by atoms with Crippen molar-refractivity contribution in [3.05, 3.63) is 51.2 Å². The molecule has 1 fully saturated rings. The van der Waals surface area contributed by atoms with Crippen LogP contribution in [0.15, 0.2) is 23.0 Å². The van der Waals surface area contributed by atoms with E-state index >= 15 is 0 Å². The minimum Gasteiger partial charge on any atom is -0.493 e. The summed E-state index contributed by atoms with van der Waals surface area (Å²) >= 11 is 0. The van der Waals surface area contributed by atoms with Crippen molar-refractivity contribution in [1.29, 1.82) is 0 Å². The van der Waals surface area contributed by atoms with Crippen molar-refractivity contribution in [2.45, 2.75) is 38.8 Å². The largest absolute Gasteiger partial charge is 0.493 e. The van der Waals surface area contributed by atoms with Gasteiger partial charge in [0, 0.05) is 31.6 Å². The predicted octanol–water partition coefficient (Wildman–Crippen LogP) is 2.30. The van der Waals surface area contributed by atoms with Crippen molar-refractivity contribution in [2.75, 3.05) is 20.8 Å². The molecule has 1 aliphatic heterocycles. The number of ether oxygens (including phenoxy) is 2. The van der Waals surface area contributed by atoms with Crippen molar-refractivity contribution >= 4 is 0 Å². The van der Waals surface area contributed by atoms with E-state index in [2.05, 4.69) is 16.0 Å². The zero-order valence-corrected chi connectivity index (χ0v) is 15.4. The first kappa shape index (κ1) is 17.1. The summed E-state index contributed by atoms with van der Waals surface area (Å²) in [6.45, 7) is 2.37. The van der Waals surface area contributed by atoms with Crippen LogP contribution in [0.4, 0.5) is 0 Å². The van der Waals surface area contributed by atoms with Crippen molar-refractivity contribution in [3.8, 4) is 11.5 Å². The van der Waals surface area contributed by atoms with Gasteiger partial charge in [0.2, 0.25) is 0 Å². The molecule has 1 aromatic carbocycles. The SMILES string of the molecule is COc1ccc(CN2CCc3c(nc(CC4CC4)[nH]c3=O)C2)cc1OC. The van der Waals surface area contributed by atoms with Crippen LogP contribution >= 0.6 is 0 Å². The van der Waals surface area contributed by atoms with Gasteiger partial charge in [-0.2, -0.15) is 0 Å². The fourth-order valence-corrected chi connectivity index (χ4v) is 3.61. The van der Waals surface area contributed by atoms with E-state index in [1.54, 1.807) is 14.2 Å². The van der Waals surface area contributed by atoms with Gasteiger partial charge in [0.15, 0.2) is 11.5 Å². The quantitative estimate of drug-likeness (QED) is 0.861. The molecule has 2 heterocycles. The molecule has 4 rings (SSSR count). The molecule has 0 bridgehead atoms. The highest BCUT2D eigenvalue weighted by atomic mass is 16.5. The van der Waals surface area contributed by atoms with Crippen molar-refractivity contribution < 1.29 is 9.47 Å². The molecule has 0 saturated heterocycles. The molecular formula is C20H25N3O3. The third-order valence-electron chi connectivity index (χ3n) is 5.23. The Bertz CT molecular complexity index is 858. The van der Waals surface area contributed by atoms with Crippen LogP contribution in [-0.2, 0) is 25.9 Å². The maximum atomic E-state index is 12.4. The summed E-state index contributed by atoms with van der Waals surface area (Å²) in [7, 11) is 3.29. The van der Waals surface area contributed by atoms with Crippen molar-refractivity contribution in [2.24, 2.45) is 5.92 Å². The Labute approximate surface area is 153 Å². The summed E-state index contributed by atoms with van der Waals surface area (Å²) in [5.41, 5.74) is 3.01. The summed E-state index contributed by atoms with van der Waals surface area (Å²) in [4.78, 5) is 22.4. The number of hydrogen-bond acceptors (Lipinski definition) is 5. The normalized spacial score (nSPS) is 17.0. The second-order valence-electron chi connectivity index (χ2n) is 7.24. The molecule has 138 valence electrons. The van der Waals surface area contributed by atoms with Gasteiger partial charge in [-0.05, 0) is 42.9 Å². The second-order valence-corrected chi connectivity index (χ2v) is 7.24. The van der Waals surface area contributed by atoms with Gasteiger partial charge < -0.3 is 14.5 Å². The first-order valence-electron chi connectivity index (χ1n) is 9.20. The average molecular weight is 355 g/mol. The lowest BCUT2D eigenvalue weighted by Gasteiger charge is -2.28. The van der Waals surface area contributed by atoms with E-state index in [9.17, 15) is 4.79 Å². The molecule has 6 nitrogen and oxygen atoms in total. The molecule has 0 radical (unpaired) electrons. The lowest BCUT2D eigenvalue weighted by Crippen LogP contribution is -2.35. The number of hydrogen-bond donors (Lipinski definition) is 1. The number of aromatic nitrogens is 2. The van der Waals surface area contributed by atoms with E-state index in [0.717, 1.165) is 60.1 Å². The van der Waals surface area contributed by atoms with Crippen LogP contribution < -0.4 is 15.0 Å². The summed E-state index contributed by atoms with van der Waals surface area (Å²) in [5, 5.41) is 0. The minimum absolute atomic E-state index is 0.0522. The summed E-state index contributed by atoms with van der Waals surface area (Å²) < 4.78 is 10.7. The molecule has 2 aliphatic rings. The Kier molecular flexibility index (Phi) is 4.68. The van der Waals surface area contributed by atoms with E-state index < -0.39 is 0 Å². The number of rotatable bonds is 6. The Morgan fingerprint density at radius 1 is 1.23 bits per heavy atom. The molecular weight excluding hydrogens is 330 g/mol. The first-order chi connectivity index (χ1) is 12.7. The number of methoxy groups -OCH3 is 2. The average Bonchev–Trinajstić information content (AvgIpc) is 3.45. The molecule has 1 aromatic heterocycles. The summed E-state index contributed by atoms with van der Waals surface area (Å²) in [5.74, 6) is 3.04. The molecule has 1 N–H and O–H groups in total. The molecule has 26 heavy (non-hydrogen) atoms. The molecule has 0 amide bonds. The zero-order valence-electron chi connectivity index (χ0n) is 15.4. The van der Waals surface area contributed by atoms with Crippen LogP contribution in [0.5, 0.6) is 11.5 Å². The van der Waals surface area contributed by atoms with Crippen molar-refractivity contribution in [3.63, 3.8) is 0 Å². The minimum atomic E-state index is 0.0522.